The fourth-order valence-corrected chi connectivity index (χ4v) is 8.13. The monoisotopic (exact) mass is 486 g/mol. The van der Waals surface area contributed by atoms with Crippen molar-refractivity contribution in [1.29, 1.82) is 0 Å². The van der Waals surface area contributed by atoms with Crippen molar-refractivity contribution in [1.82, 2.24) is 0 Å². The number of carbonyl (C=O) groups excluding carboxylic acids is 4. The summed E-state index contributed by atoms with van der Waals surface area (Å²) >= 11 is 0. The molecule has 0 saturated heterocycles. The Balaban J connectivity index is 1.60. The molecule has 0 aromatic rings. The van der Waals surface area contributed by atoms with Crippen molar-refractivity contribution in [2.45, 2.75) is 104 Å². The van der Waals surface area contributed by atoms with E-state index in [4.69, 9.17) is 9.47 Å². The molecule has 0 N–H and O–H groups in total. The lowest BCUT2D eigenvalue weighted by Crippen LogP contribution is -2.51. The summed E-state index contributed by atoms with van der Waals surface area (Å²) in [5.74, 6) is 0.278. The largest absolute Gasteiger partial charge is 0.462 e. The van der Waals surface area contributed by atoms with Crippen molar-refractivity contribution in [3.63, 3.8) is 0 Å². The van der Waals surface area contributed by atoms with Gasteiger partial charge in [-0.25, -0.2) is 0 Å². The first kappa shape index (κ1) is 26.1. The molecular weight excluding hydrogens is 444 g/mol. The third-order valence-corrected chi connectivity index (χ3v) is 10.00. The van der Waals surface area contributed by atoms with Crippen molar-refractivity contribution in [2.24, 2.45) is 34.5 Å². The van der Waals surface area contributed by atoms with Crippen LogP contribution in [-0.4, -0.2) is 36.2 Å². The number of fused-ring (bicyclic) bond motifs is 5. The van der Waals surface area contributed by atoms with Gasteiger partial charge in [-0.15, -0.1) is 0 Å². The number of rotatable bonds is 8. The quantitative estimate of drug-likeness (QED) is 0.429. The fraction of sp³-hybridized carbons (Fsp3) is 0.793. The molecule has 0 aliphatic heterocycles. The third kappa shape index (κ3) is 4.74. The number of hydrogen-bond donors (Lipinski definition) is 0. The summed E-state index contributed by atoms with van der Waals surface area (Å²) < 4.78 is 11.3. The van der Waals surface area contributed by atoms with Crippen LogP contribution in [0.15, 0.2) is 11.6 Å². The normalized spacial score (nSPS) is 38.0. The molecule has 0 heterocycles. The van der Waals surface area contributed by atoms with Gasteiger partial charge in [0.1, 0.15) is 12.7 Å². The van der Waals surface area contributed by atoms with Crippen molar-refractivity contribution >= 4 is 23.5 Å². The molecule has 0 radical (unpaired) electrons. The second-order valence-electron chi connectivity index (χ2n) is 11.8. The summed E-state index contributed by atoms with van der Waals surface area (Å²) in [5.41, 5.74) is 1.08. The summed E-state index contributed by atoms with van der Waals surface area (Å²) in [6.45, 7) is 8.05. The van der Waals surface area contributed by atoms with Gasteiger partial charge in [0.05, 0.1) is 5.92 Å². The summed E-state index contributed by atoms with van der Waals surface area (Å²) in [5, 5.41) is 0. The number of unbranched alkanes of at least 4 members (excludes halogenated alkanes) is 1. The number of allylic oxidation sites excluding steroid dienone is 1. The summed E-state index contributed by atoms with van der Waals surface area (Å²) in [6, 6.07) is 0. The second-order valence-corrected chi connectivity index (χ2v) is 11.8. The summed E-state index contributed by atoms with van der Waals surface area (Å²) in [7, 11) is 0. The molecule has 0 aromatic heterocycles. The van der Waals surface area contributed by atoms with Gasteiger partial charge < -0.3 is 9.47 Å². The Labute approximate surface area is 209 Å². The lowest BCUT2D eigenvalue weighted by Gasteiger charge is -2.57. The highest BCUT2D eigenvalue weighted by Crippen LogP contribution is 2.67. The average Bonchev–Trinajstić information content (AvgIpc) is 3.13. The number of Topliss-reactive ketones (excluding diaryl/α,β-unsaturated/α-hetero) is 1. The molecule has 4 rings (SSSR count). The molecule has 0 amide bonds. The summed E-state index contributed by atoms with van der Waals surface area (Å²) in [6.07, 6.45) is 9.80. The Bertz CT molecular complexity index is 905. The van der Waals surface area contributed by atoms with Crippen molar-refractivity contribution in [3.8, 4) is 0 Å². The van der Waals surface area contributed by atoms with Gasteiger partial charge in [-0.2, -0.15) is 0 Å². The van der Waals surface area contributed by atoms with E-state index in [0.29, 0.717) is 31.1 Å². The molecule has 194 valence electrons. The van der Waals surface area contributed by atoms with E-state index >= 15 is 0 Å². The lowest BCUT2D eigenvalue weighted by molar-refractivity contribution is -0.159. The number of hydrogen-bond acceptors (Lipinski definition) is 6. The Morgan fingerprint density at radius 3 is 2.51 bits per heavy atom. The van der Waals surface area contributed by atoms with Gasteiger partial charge in [-0.05, 0) is 79.6 Å². The van der Waals surface area contributed by atoms with Gasteiger partial charge in [0.25, 0.3) is 0 Å². The van der Waals surface area contributed by atoms with E-state index in [1.165, 1.54) is 5.57 Å². The van der Waals surface area contributed by atoms with Crippen LogP contribution in [0.1, 0.15) is 98.3 Å². The highest BCUT2D eigenvalue weighted by molar-refractivity contribution is 5.91. The molecule has 4 unspecified atom stereocenters. The Morgan fingerprint density at radius 2 is 1.80 bits per heavy atom. The van der Waals surface area contributed by atoms with Crippen LogP contribution < -0.4 is 0 Å². The van der Waals surface area contributed by atoms with Crippen molar-refractivity contribution in [2.75, 3.05) is 6.61 Å². The molecule has 0 bridgehead atoms. The molecule has 3 saturated carbocycles. The molecule has 4 aliphatic rings. The van der Waals surface area contributed by atoms with Crippen LogP contribution >= 0.6 is 0 Å². The van der Waals surface area contributed by atoms with Gasteiger partial charge in [0.2, 0.25) is 0 Å². The van der Waals surface area contributed by atoms with Crippen molar-refractivity contribution < 1.29 is 28.7 Å². The maximum Gasteiger partial charge on any atom is 0.306 e. The zero-order valence-electron chi connectivity index (χ0n) is 21.9. The molecule has 0 aromatic carbocycles. The molecule has 0 spiro atoms. The molecule has 6 heteroatoms. The predicted octanol–water partition coefficient (Wildman–Crippen LogP) is 5.37. The zero-order valence-corrected chi connectivity index (χ0v) is 21.9. The number of esters is 2. The predicted molar refractivity (Wildman–Crippen MR) is 131 cm³/mol. The van der Waals surface area contributed by atoms with Crippen LogP contribution in [0.4, 0.5) is 0 Å². The second kappa shape index (κ2) is 10.2. The molecule has 6 nitrogen and oxygen atoms in total. The van der Waals surface area contributed by atoms with E-state index in [9.17, 15) is 19.2 Å². The fourth-order valence-electron chi connectivity index (χ4n) is 8.13. The maximum absolute atomic E-state index is 13.5. The molecule has 3 fully saturated rings. The highest BCUT2D eigenvalue weighted by Gasteiger charge is 2.63. The van der Waals surface area contributed by atoms with E-state index in [-0.39, 0.29) is 53.3 Å². The average molecular weight is 487 g/mol. The minimum absolute atomic E-state index is 0.0458. The van der Waals surface area contributed by atoms with Gasteiger partial charge in [-0.3, -0.25) is 19.2 Å². The first-order chi connectivity index (χ1) is 16.6. The highest BCUT2D eigenvalue weighted by atomic mass is 16.5. The van der Waals surface area contributed by atoms with Gasteiger partial charge in [0, 0.05) is 19.3 Å². The lowest BCUT2D eigenvalue weighted by atomic mass is 9.46. The SMILES string of the molecule is CCCCC(=O)O[C@@H]1CC2C3CCC4=CC(=O)CC[C@]4(C)C3CC[C@]2(C)C1C(=O)COC(=O)CC. The topological polar surface area (TPSA) is 86.7 Å². The van der Waals surface area contributed by atoms with Crippen LogP contribution in [-0.2, 0) is 28.7 Å². The minimum atomic E-state index is -0.460. The van der Waals surface area contributed by atoms with Crippen LogP contribution in [0.2, 0.25) is 0 Å². The Hall–Kier alpha value is -1.98. The van der Waals surface area contributed by atoms with Gasteiger partial charge >= 0.3 is 11.9 Å². The molecule has 7 atom stereocenters. The number of ketones is 2. The van der Waals surface area contributed by atoms with E-state index in [0.717, 1.165) is 44.9 Å². The van der Waals surface area contributed by atoms with Crippen LogP contribution in [0, 0.1) is 34.5 Å². The zero-order chi connectivity index (χ0) is 25.4. The van der Waals surface area contributed by atoms with Crippen LogP contribution in [0.25, 0.3) is 0 Å². The maximum atomic E-state index is 13.5. The van der Waals surface area contributed by atoms with Crippen molar-refractivity contribution in [3.05, 3.63) is 11.6 Å². The number of ether oxygens (including phenoxy) is 2. The van der Waals surface area contributed by atoms with E-state index in [1.807, 2.05) is 13.0 Å². The van der Waals surface area contributed by atoms with Gasteiger partial charge in [-0.1, -0.05) is 39.7 Å². The third-order valence-electron chi connectivity index (χ3n) is 10.00. The first-order valence-electron chi connectivity index (χ1n) is 13.8. The van der Waals surface area contributed by atoms with Gasteiger partial charge in [0.15, 0.2) is 11.6 Å². The minimum Gasteiger partial charge on any atom is -0.462 e. The number of carbonyl (C=O) groups is 4. The molecule has 4 aliphatic carbocycles. The van der Waals surface area contributed by atoms with Crippen LogP contribution in [0.3, 0.4) is 0 Å². The standard InChI is InChI=1S/C29H42O6/c1-5-7-8-26(33)35-24-16-22-20-10-9-18-15-19(30)11-13-28(18,3)21(20)12-14-29(22,4)27(24)23(31)17-34-25(32)6-2/h15,20-22,24,27H,5-14,16-17H2,1-4H3/t20?,21?,22?,24-,27?,28+,29+/m1/s1. The Morgan fingerprint density at radius 1 is 1.03 bits per heavy atom. The summed E-state index contributed by atoms with van der Waals surface area (Å²) in [4.78, 5) is 50.0. The Kier molecular flexibility index (Phi) is 7.59. The smallest absolute Gasteiger partial charge is 0.306 e. The van der Waals surface area contributed by atoms with Crippen LogP contribution in [0.5, 0.6) is 0 Å². The first-order valence-corrected chi connectivity index (χ1v) is 13.8. The van der Waals surface area contributed by atoms with E-state index in [1.54, 1.807) is 6.92 Å². The van der Waals surface area contributed by atoms with E-state index < -0.39 is 12.0 Å². The molecular formula is C29H42O6. The van der Waals surface area contributed by atoms with E-state index in [2.05, 4.69) is 13.8 Å². The molecule has 35 heavy (non-hydrogen) atoms.